The lowest BCUT2D eigenvalue weighted by molar-refractivity contribution is -0.148. The fourth-order valence-corrected chi connectivity index (χ4v) is 3.71. The number of amides is 1. The molecule has 0 spiro atoms. The van der Waals surface area contributed by atoms with Crippen LogP contribution in [-0.4, -0.2) is 49.6 Å². The van der Waals surface area contributed by atoms with Crippen molar-refractivity contribution in [2.24, 2.45) is 0 Å². The van der Waals surface area contributed by atoms with E-state index < -0.39 is 5.97 Å². The molecule has 0 saturated carbocycles. The van der Waals surface area contributed by atoms with Crippen LogP contribution >= 0.6 is 11.3 Å². The van der Waals surface area contributed by atoms with Crippen molar-refractivity contribution in [3.63, 3.8) is 0 Å². The Bertz CT molecular complexity index is 822. The quantitative estimate of drug-likeness (QED) is 0.586. The number of piperazine rings is 1. The number of anilines is 1. The molecule has 5 nitrogen and oxygen atoms in total. The number of nitrogens with zero attached hydrogens (tertiary/aromatic N) is 2. The number of benzene rings is 1. The van der Waals surface area contributed by atoms with Crippen molar-refractivity contribution in [3.05, 3.63) is 57.8 Å². The van der Waals surface area contributed by atoms with Crippen LogP contribution in [0.3, 0.4) is 0 Å². The zero-order chi connectivity index (χ0) is 19.2. The monoisotopic (exact) mass is 384 g/mol. The molecule has 2 aromatic rings. The molecule has 142 valence electrons. The number of hydrogen-bond acceptors (Lipinski definition) is 5. The van der Waals surface area contributed by atoms with Crippen LogP contribution in [0.15, 0.2) is 41.1 Å². The van der Waals surface area contributed by atoms with Crippen LogP contribution in [0.5, 0.6) is 0 Å². The zero-order valence-electron chi connectivity index (χ0n) is 15.7. The Labute approximate surface area is 163 Å². The van der Waals surface area contributed by atoms with Crippen LogP contribution in [0.25, 0.3) is 6.08 Å². The number of thiophene rings is 1. The molecule has 0 N–H and O–H groups in total. The summed E-state index contributed by atoms with van der Waals surface area (Å²) in [6.07, 6.45) is 3.04. The smallest absolute Gasteiger partial charge is 0.331 e. The minimum atomic E-state index is -0.497. The van der Waals surface area contributed by atoms with E-state index in [4.69, 9.17) is 4.74 Å². The second-order valence-corrected chi connectivity index (χ2v) is 7.36. The number of carbonyl (C=O) groups is 2. The highest BCUT2D eigenvalue weighted by Crippen LogP contribution is 2.23. The molecule has 1 fully saturated rings. The first kappa shape index (κ1) is 19.2. The molecule has 27 heavy (non-hydrogen) atoms. The van der Waals surface area contributed by atoms with Gasteiger partial charge >= 0.3 is 5.97 Å². The zero-order valence-corrected chi connectivity index (χ0v) is 16.5. The van der Waals surface area contributed by atoms with Crippen molar-refractivity contribution < 1.29 is 14.3 Å². The Hall–Kier alpha value is -2.60. The molecule has 1 aliphatic heterocycles. The lowest BCUT2D eigenvalue weighted by Crippen LogP contribution is -2.50. The number of rotatable bonds is 5. The molecular formula is C21H24N2O3S. The fraction of sp³-hybridized carbons (Fsp3) is 0.333. The van der Waals surface area contributed by atoms with Crippen molar-refractivity contribution in [3.8, 4) is 0 Å². The first-order valence-electron chi connectivity index (χ1n) is 9.00. The molecule has 1 aromatic carbocycles. The molecule has 6 heteroatoms. The van der Waals surface area contributed by atoms with Gasteiger partial charge in [-0.2, -0.15) is 11.3 Å². The molecule has 1 aliphatic rings. The maximum absolute atomic E-state index is 12.3. The lowest BCUT2D eigenvalue weighted by Gasteiger charge is -2.37. The SMILES string of the molecule is Cc1cccc(N2CCN(C(=O)COC(=O)/C=C/c3ccsc3)CC2)c1C. The van der Waals surface area contributed by atoms with Crippen LogP contribution in [0.2, 0.25) is 0 Å². The van der Waals surface area contributed by atoms with Crippen LogP contribution in [-0.2, 0) is 14.3 Å². The van der Waals surface area contributed by atoms with Crippen molar-refractivity contribution >= 4 is 35.0 Å². The van der Waals surface area contributed by atoms with E-state index in [9.17, 15) is 9.59 Å². The third-order valence-electron chi connectivity index (χ3n) is 4.84. The minimum Gasteiger partial charge on any atom is -0.452 e. The first-order valence-corrected chi connectivity index (χ1v) is 9.95. The van der Waals surface area contributed by atoms with Gasteiger partial charge in [-0.05, 0) is 59.5 Å². The summed E-state index contributed by atoms with van der Waals surface area (Å²) in [5.41, 5.74) is 4.73. The summed E-state index contributed by atoms with van der Waals surface area (Å²) in [5.74, 6) is -0.642. The third-order valence-corrected chi connectivity index (χ3v) is 5.54. The van der Waals surface area contributed by atoms with E-state index in [1.165, 1.54) is 22.9 Å². The number of aryl methyl sites for hydroxylation is 1. The van der Waals surface area contributed by atoms with Gasteiger partial charge in [-0.25, -0.2) is 4.79 Å². The molecular weight excluding hydrogens is 360 g/mol. The van der Waals surface area contributed by atoms with Crippen LogP contribution in [0.4, 0.5) is 5.69 Å². The van der Waals surface area contributed by atoms with Crippen molar-refractivity contribution in [2.45, 2.75) is 13.8 Å². The fourth-order valence-electron chi connectivity index (χ4n) is 3.08. The average molecular weight is 385 g/mol. The molecule has 0 unspecified atom stereocenters. The van der Waals surface area contributed by atoms with Gasteiger partial charge in [-0.1, -0.05) is 12.1 Å². The molecule has 2 heterocycles. The van der Waals surface area contributed by atoms with Crippen LogP contribution < -0.4 is 4.90 Å². The number of hydrogen-bond donors (Lipinski definition) is 0. The predicted molar refractivity (Wildman–Crippen MR) is 109 cm³/mol. The second-order valence-electron chi connectivity index (χ2n) is 6.58. The van der Waals surface area contributed by atoms with Gasteiger partial charge < -0.3 is 14.5 Å². The van der Waals surface area contributed by atoms with Crippen molar-refractivity contribution in [1.82, 2.24) is 4.90 Å². The number of ether oxygens (including phenoxy) is 1. The molecule has 3 rings (SSSR count). The highest BCUT2D eigenvalue weighted by molar-refractivity contribution is 7.08. The van der Waals surface area contributed by atoms with Gasteiger partial charge in [-0.3, -0.25) is 4.79 Å². The summed E-state index contributed by atoms with van der Waals surface area (Å²) in [5, 5.41) is 3.87. The van der Waals surface area contributed by atoms with Crippen LogP contribution in [0.1, 0.15) is 16.7 Å². The van der Waals surface area contributed by atoms with Gasteiger partial charge in [0.05, 0.1) is 0 Å². The summed E-state index contributed by atoms with van der Waals surface area (Å²) < 4.78 is 5.07. The van der Waals surface area contributed by atoms with E-state index in [0.717, 1.165) is 18.7 Å². The summed E-state index contributed by atoms with van der Waals surface area (Å²) in [6.45, 7) is 6.86. The molecule has 0 atom stereocenters. The lowest BCUT2D eigenvalue weighted by atomic mass is 10.1. The summed E-state index contributed by atoms with van der Waals surface area (Å²) in [7, 11) is 0. The topological polar surface area (TPSA) is 49.9 Å². The molecule has 1 saturated heterocycles. The van der Waals surface area contributed by atoms with Gasteiger partial charge in [0.2, 0.25) is 0 Å². The average Bonchev–Trinajstić information content (AvgIpc) is 3.20. The van der Waals surface area contributed by atoms with Gasteiger partial charge in [-0.15, -0.1) is 0 Å². The Morgan fingerprint density at radius 1 is 1.15 bits per heavy atom. The Morgan fingerprint density at radius 2 is 1.93 bits per heavy atom. The van der Waals surface area contributed by atoms with E-state index in [-0.39, 0.29) is 12.5 Å². The molecule has 0 radical (unpaired) electrons. The largest absolute Gasteiger partial charge is 0.452 e. The maximum atomic E-state index is 12.3. The van der Waals surface area contributed by atoms with Gasteiger partial charge in [0, 0.05) is 37.9 Å². The number of carbonyl (C=O) groups excluding carboxylic acids is 2. The molecule has 1 aromatic heterocycles. The van der Waals surface area contributed by atoms with Crippen molar-refractivity contribution in [2.75, 3.05) is 37.7 Å². The standard InChI is InChI=1S/C21H24N2O3S/c1-16-4-3-5-19(17(16)2)22-9-11-23(12-10-22)20(24)14-26-21(25)7-6-18-8-13-27-15-18/h3-8,13,15H,9-12,14H2,1-2H3/b7-6+. The summed E-state index contributed by atoms with van der Waals surface area (Å²) >= 11 is 1.56. The molecule has 1 amide bonds. The van der Waals surface area contributed by atoms with Gasteiger partial charge in [0.1, 0.15) is 0 Å². The van der Waals surface area contributed by atoms with E-state index >= 15 is 0 Å². The first-order chi connectivity index (χ1) is 13.0. The van der Waals surface area contributed by atoms with E-state index in [2.05, 4.69) is 36.9 Å². The molecule has 0 aliphatic carbocycles. The summed E-state index contributed by atoms with van der Waals surface area (Å²) in [6, 6.07) is 8.22. The van der Waals surface area contributed by atoms with Crippen molar-refractivity contribution in [1.29, 1.82) is 0 Å². The van der Waals surface area contributed by atoms with E-state index in [1.807, 2.05) is 16.8 Å². The third kappa shape index (κ3) is 4.98. The Kier molecular flexibility index (Phi) is 6.29. The Balaban J connectivity index is 1.46. The highest BCUT2D eigenvalue weighted by atomic mass is 32.1. The highest BCUT2D eigenvalue weighted by Gasteiger charge is 2.22. The predicted octanol–water partition coefficient (Wildman–Crippen LogP) is 3.27. The minimum absolute atomic E-state index is 0.145. The molecule has 0 bridgehead atoms. The van der Waals surface area contributed by atoms with Gasteiger partial charge in [0.25, 0.3) is 5.91 Å². The maximum Gasteiger partial charge on any atom is 0.331 e. The second kappa shape index (κ2) is 8.86. The van der Waals surface area contributed by atoms with E-state index in [0.29, 0.717) is 13.1 Å². The summed E-state index contributed by atoms with van der Waals surface area (Å²) in [4.78, 5) is 28.1. The Morgan fingerprint density at radius 3 is 2.63 bits per heavy atom. The van der Waals surface area contributed by atoms with E-state index in [1.54, 1.807) is 22.3 Å². The normalized spacial score (nSPS) is 14.6. The van der Waals surface area contributed by atoms with Gasteiger partial charge in [0.15, 0.2) is 6.61 Å². The van der Waals surface area contributed by atoms with Crippen LogP contribution in [0, 0.1) is 13.8 Å². The number of esters is 1.